The average Bonchev–Trinajstić information content (AvgIpc) is 2.93. The highest BCUT2D eigenvalue weighted by Crippen LogP contribution is 2.31. The molecule has 6 nitrogen and oxygen atoms in total. The van der Waals surface area contributed by atoms with Crippen molar-refractivity contribution in [1.82, 2.24) is 9.21 Å². The molecule has 1 amide bonds. The fourth-order valence-electron chi connectivity index (χ4n) is 2.91. The van der Waals surface area contributed by atoms with Crippen molar-refractivity contribution in [1.29, 1.82) is 0 Å². The van der Waals surface area contributed by atoms with Crippen molar-refractivity contribution in [3.8, 4) is 0 Å². The van der Waals surface area contributed by atoms with Crippen molar-refractivity contribution in [2.45, 2.75) is 13.8 Å². The molecule has 0 saturated carbocycles. The summed E-state index contributed by atoms with van der Waals surface area (Å²) in [5.74, 6) is 0.112. The molecule has 1 fully saturated rings. The van der Waals surface area contributed by atoms with Crippen LogP contribution in [0.1, 0.15) is 23.0 Å². The molecule has 0 spiro atoms. The van der Waals surface area contributed by atoms with Gasteiger partial charge in [-0.05, 0) is 19.9 Å². The number of rotatable bonds is 3. The molecule has 3 rings (SSSR count). The van der Waals surface area contributed by atoms with Gasteiger partial charge in [0.2, 0.25) is 10.0 Å². The summed E-state index contributed by atoms with van der Waals surface area (Å²) in [4.78, 5) is 14.4. The van der Waals surface area contributed by atoms with Crippen molar-refractivity contribution < 1.29 is 17.6 Å². The largest absolute Gasteiger partial charge is 0.449 e. The number of hydrogen-bond acceptors (Lipinski definition) is 4. The van der Waals surface area contributed by atoms with Gasteiger partial charge in [-0.1, -0.05) is 23.7 Å². The molecule has 1 aromatic heterocycles. The lowest BCUT2D eigenvalue weighted by Gasteiger charge is -2.33. The number of amides is 1. The van der Waals surface area contributed by atoms with Gasteiger partial charge in [0.25, 0.3) is 5.91 Å². The fraction of sp³-hybridized carbons (Fsp3) is 0.438. The third kappa shape index (κ3) is 2.92. The van der Waals surface area contributed by atoms with Gasteiger partial charge < -0.3 is 9.32 Å². The van der Waals surface area contributed by atoms with E-state index in [-0.39, 0.29) is 17.4 Å². The highest BCUT2D eigenvalue weighted by atomic mass is 35.5. The minimum atomic E-state index is -3.21. The van der Waals surface area contributed by atoms with E-state index in [1.165, 1.54) is 4.31 Å². The van der Waals surface area contributed by atoms with E-state index in [0.29, 0.717) is 36.8 Å². The highest BCUT2D eigenvalue weighted by Gasteiger charge is 2.30. The predicted molar refractivity (Wildman–Crippen MR) is 92.9 cm³/mol. The second-order valence-electron chi connectivity index (χ2n) is 5.76. The van der Waals surface area contributed by atoms with Crippen molar-refractivity contribution in [2.75, 3.05) is 31.9 Å². The number of benzene rings is 1. The summed E-state index contributed by atoms with van der Waals surface area (Å²) in [6.45, 7) is 4.76. The normalized spacial score (nSPS) is 16.7. The van der Waals surface area contributed by atoms with E-state index in [2.05, 4.69) is 0 Å². The summed E-state index contributed by atoms with van der Waals surface area (Å²) in [5.41, 5.74) is 1.26. The quantitative estimate of drug-likeness (QED) is 0.832. The van der Waals surface area contributed by atoms with Gasteiger partial charge in [0.1, 0.15) is 0 Å². The number of halogens is 1. The number of sulfonamides is 1. The summed E-state index contributed by atoms with van der Waals surface area (Å²) >= 11 is 6.13. The molecule has 2 heterocycles. The Morgan fingerprint density at radius 3 is 2.50 bits per heavy atom. The standard InChI is InChI=1S/C16H19ClN2O4S/c1-3-24(21,22)19-9-7-18(8-10-19)16(20)14-11(2)12-5-4-6-13(17)15(12)23-14/h4-6H,3,7-10H2,1-2H3. The molecule has 0 unspecified atom stereocenters. The first-order valence-corrected chi connectivity index (χ1v) is 9.78. The average molecular weight is 371 g/mol. The maximum atomic E-state index is 12.7. The number of furan rings is 1. The number of fused-ring (bicyclic) bond motifs is 1. The van der Waals surface area contributed by atoms with Crippen LogP contribution < -0.4 is 0 Å². The number of nitrogens with zero attached hydrogens (tertiary/aromatic N) is 2. The molecular weight excluding hydrogens is 352 g/mol. The van der Waals surface area contributed by atoms with Crippen molar-refractivity contribution in [3.05, 3.63) is 34.5 Å². The zero-order chi connectivity index (χ0) is 17.5. The maximum Gasteiger partial charge on any atom is 0.289 e. The van der Waals surface area contributed by atoms with Crippen LogP contribution >= 0.6 is 11.6 Å². The van der Waals surface area contributed by atoms with E-state index in [4.69, 9.17) is 16.0 Å². The van der Waals surface area contributed by atoms with Crippen LogP contribution in [0, 0.1) is 6.92 Å². The Morgan fingerprint density at radius 1 is 1.25 bits per heavy atom. The Bertz CT molecular complexity index is 883. The Balaban J connectivity index is 1.82. The lowest BCUT2D eigenvalue weighted by atomic mass is 10.1. The second-order valence-corrected chi connectivity index (χ2v) is 8.43. The molecule has 2 aromatic rings. The number of piperazine rings is 1. The second kappa shape index (κ2) is 6.38. The van der Waals surface area contributed by atoms with Crippen LogP contribution in [-0.4, -0.2) is 55.5 Å². The number of aryl methyl sites for hydroxylation is 1. The Kier molecular flexibility index (Phi) is 4.59. The molecule has 0 N–H and O–H groups in total. The van der Waals surface area contributed by atoms with E-state index in [1.807, 2.05) is 19.1 Å². The van der Waals surface area contributed by atoms with Gasteiger partial charge in [-0.2, -0.15) is 4.31 Å². The van der Waals surface area contributed by atoms with E-state index in [0.717, 1.165) is 10.9 Å². The molecule has 24 heavy (non-hydrogen) atoms. The molecule has 0 bridgehead atoms. The summed E-state index contributed by atoms with van der Waals surface area (Å²) in [6.07, 6.45) is 0. The van der Waals surface area contributed by atoms with E-state index in [9.17, 15) is 13.2 Å². The van der Waals surface area contributed by atoms with Crippen LogP contribution in [0.3, 0.4) is 0 Å². The molecule has 130 valence electrons. The number of hydrogen-bond donors (Lipinski definition) is 0. The van der Waals surface area contributed by atoms with Crippen LogP contribution in [-0.2, 0) is 10.0 Å². The summed E-state index contributed by atoms with van der Waals surface area (Å²) in [6, 6.07) is 5.40. The monoisotopic (exact) mass is 370 g/mol. The molecule has 1 aliphatic heterocycles. The summed E-state index contributed by atoms with van der Waals surface area (Å²) < 4.78 is 30.9. The SMILES string of the molecule is CCS(=O)(=O)N1CCN(C(=O)c2oc3c(Cl)cccc3c2C)CC1. The number of carbonyl (C=O) groups is 1. The van der Waals surface area contributed by atoms with E-state index < -0.39 is 10.0 Å². The van der Waals surface area contributed by atoms with Gasteiger partial charge >= 0.3 is 0 Å². The molecule has 0 radical (unpaired) electrons. The van der Waals surface area contributed by atoms with Crippen LogP contribution in [0.2, 0.25) is 5.02 Å². The van der Waals surface area contributed by atoms with Crippen LogP contribution in [0.4, 0.5) is 0 Å². The first kappa shape index (κ1) is 17.3. The number of carbonyl (C=O) groups excluding carboxylic acids is 1. The Morgan fingerprint density at radius 2 is 1.92 bits per heavy atom. The smallest absolute Gasteiger partial charge is 0.289 e. The fourth-order valence-corrected chi connectivity index (χ4v) is 4.21. The lowest BCUT2D eigenvalue weighted by molar-refractivity contribution is 0.0667. The first-order chi connectivity index (χ1) is 11.3. The zero-order valence-electron chi connectivity index (χ0n) is 13.6. The van der Waals surface area contributed by atoms with Crippen LogP contribution in [0.15, 0.2) is 22.6 Å². The molecule has 0 aliphatic carbocycles. The van der Waals surface area contributed by atoms with E-state index in [1.54, 1.807) is 17.9 Å². The Hall–Kier alpha value is -1.57. The third-order valence-electron chi connectivity index (χ3n) is 4.39. The molecule has 1 aliphatic rings. The Labute approximate surface area is 146 Å². The minimum absolute atomic E-state index is 0.0716. The maximum absolute atomic E-state index is 12.7. The van der Waals surface area contributed by atoms with Crippen molar-refractivity contribution in [2.24, 2.45) is 0 Å². The number of para-hydroxylation sites is 1. The van der Waals surface area contributed by atoms with Gasteiger partial charge in [0.05, 0.1) is 10.8 Å². The van der Waals surface area contributed by atoms with E-state index >= 15 is 0 Å². The molecule has 1 saturated heterocycles. The topological polar surface area (TPSA) is 70.8 Å². The molecule has 0 atom stereocenters. The highest BCUT2D eigenvalue weighted by molar-refractivity contribution is 7.89. The van der Waals surface area contributed by atoms with Gasteiger partial charge in [0.15, 0.2) is 11.3 Å². The molecule has 1 aromatic carbocycles. The molecular formula is C16H19ClN2O4S. The van der Waals surface area contributed by atoms with Gasteiger partial charge in [-0.25, -0.2) is 8.42 Å². The lowest BCUT2D eigenvalue weighted by Crippen LogP contribution is -2.50. The third-order valence-corrected chi connectivity index (χ3v) is 6.57. The minimum Gasteiger partial charge on any atom is -0.449 e. The van der Waals surface area contributed by atoms with Gasteiger partial charge in [-0.3, -0.25) is 4.79 Å². The first-order valence-electron chi connectivity index (χ1n) is 7.80. The van der Waals surface area contributed by atoms with Crippen molar-refractivity contribution >= 4 is 38.5 Å². The summed E-state index contributed by atoms with van der Waals surface area (Å²) in [5, 5.41) is 1.28. The zero-order valence-corrected chi connectivity index (χ0v) is 15.2. The molecule has 8 heteroatoms. The van der Waals surface area contributed by atoms with Gasteiger partial charge in [0, 0.05) is 37.1 Å². The van der Waals surface area contributed by atoms with Crippen LogP contribution in [0.25, 0.3) is 11.0 Å². The van der Waals surface area contributed by atoms with Crippen molar-refractivity contribution in [3.63, 3.8) is 0 Å². The predicted octanol–water partition coefficient (Wildman–Crippen LogP) is 2.50. The summed E-state index contributed by atoms with van der Waals surface area (Å²) in [7, 11) is -3.21. The van der Waals surface area contributed by atoms with Gasteiger partial charge in [-0.15, -0.1) is 0 Å². The van der Waals surface area contributed by atoms with Crippen LogP contribution in [0.5, 0.6) is 0 Å².